The number of benzene rings is 1. The summed E-state index contributed by atoms with van der Waals surface area (Å²) in [6.07, 6.45) is 1.73. The first-order valence-corrected chi connectivity index (χ1v) is 8.86. The largest absolute Gasteiger partial charge is 0.487 e. The van der Waals surface area contributed by atoms with Crippen molar-refractivity contribution in [2.45, 2.75) is 40.2 Å². The van der Waals surface area contributed by atoms with Gasteiger partial charge in [-0.3, -0.25) is 4.98 Å². The van der Waals surface area contributed by atoms with Crippen molar-refractivity contribution >= 4 is 16.9 Å². The number of fused-ring (bicyclic) bond motifs is 1. The molecule has 0 aliphatic carbocycles. The van der Waals surface area contributed by atoms with Crippen LogP contribution in [0.2, 0.25) is 0 Å². The van der Waals surface area contributed by atoms with E-state index < -0.39 is 5.97 Å². The number of ether oxygens (including phenoxy) is 1. The highest BCUT2D eigenvalue weighted by atomic mass is 16.5. The van der Waals surface area contributed by atoms with Crippen LogP contribution in [0.4, 0.5) is 0 Å². The van der Waals surface area contributed by atoms with E-state index in [0.717, 1.165) is 27.9 Å². The lowest BCUT2D eigenvalue weighted by Crippen LogP contribution is -2.05. The zero-order valence-corrected chi connectivity index (χ0v) is 16.0. The van der Waals surface area contributed by atoms with Crippen molar-refractivity contribution in [2.24, 2.45) is 7.05 Å². The van der Waals surface area contributed by atoms with Gasteiger partial charge in [-0.1, -0.05) is 33.8 Å². The van der Waals surface area contributed by atoms with Crippen LogP contribution in [0.5, 0.6) is 5.75 Å². The molecule has 2 aromatic heterocycles. The summed E-state index contributed by atoms with van der Waals surface area (Å²) in [7, 11) is 1.78. The van der Waals surface area contributed by atoms with E-state index in [9.17, 15) is 9.90 Å². The minimum Gasteiger partial charge on any atom is -0.487 e. The third kappa shape index (κ3) is 4.04. The van der Waals surface area contributed by atoms with Crippen LogP contribution in [0.1, 0.15) is 55.4 Å². The van der Waals surface area contributed by atoms with Gasteiger partial charge in [0.15, 0.2) is 0 Å². The Morgan fingerprint density at radius 2 is 1.96 bits per heavy atom. The number of aromatic nitrogens is 2. The lowest BCUT2D eigenvalue weighted by molar-refractivity contribution is 0.0687. The maximum atomic E-state index is 11.4. The van der Waals surface area contributed by atoms with Gasteiger partial charge in [0.25, 0.3) is 0 Å². The van der Waals surface area contributed by atoms with Gasteiger partial charge in [0.05, 0.1) is 11.2 Å². The Balaban J connectivity index is 0.00000117. The Labute approximate surface area is 154 Å². The smallest absolute Gasteiger partial charge is 0.352 e. The molecule has 0 saturated carbocycles. The fourth-order valence-electron chi connectivity index (χ4n) is 2.88. The van der Waals surface area contributed by atoms with Crippen LogP contribution >= 0.6 is 0 Å². The molecule has 1 N–H and O–H groups in total. The Morgan fingerprint density at radius 1 is 1.23 bits per heavy atom. The maximum absolute atomic E-state index is 11.4. The minimum absolute atomic E-state index is 0.251. The van der Waals surface area contributed by atoms with Crippen LogP contribution in [-0.2, 0) is 13.7 Å². The molecule has 26 heavy (non-hydrogen) atoms. The molecule has 5 nitrogen and oxygen atoms in total. The van der Waals surface area contributed by atoms with Gasteiger partial charge in [-0.2, -0.15) is 0 Å². The molecule has 0 saturated heterocycles. The summed E-state index contributed by atoms with van der Waals surface area (Å²) in [6, 6.07) is 11.3. The van der Waals surface area contributed by atoms with Crippen molar-refractivity contribution in [1.82, 2.24) is 9.55 Å². The number of rotatable bonds is 5. The van der Waals surface area contributed by atoms with E-state index in [2.05, 4.69) is 18.8 Å². The first-order chi connectivity index (χ1) is 12.5. The Hall–Kier alpha value is -2.82. The van der Waals surface area contributed by atoms with E-state index in [1.54, 1.807) is 23.9 Å². The highest BCUT2D eigenvalue weighted by Gasteiger charge is 2.17. The molecular weight excluding hydrogens is 328 g/mol. The lowest BCUT2D eigenvalue weighted by Gasteiger charge is -2.13. The molecule has 0 fully saturated rings. The maximum Gasteiger partial charge on any atom is 0.352 e. The third-order valence-corrected chi connectivity index (χ3v) is 4.09. The molecule has 0 bridgehead atoms. The van der Waals surface area contributed by atoms with Crippen molar-refractivity contribution in [3.8, 4) is 5.75 Å². The molecule has 2 heterocycles. The molecule has 3 rings (SSSR count). The fraction of sp³-hybridized carbons (Fsp3) is 0.333. The second-order valence-electron chi connectivity index (χ2n) is 6.11. The van der Waals surface area contributed by atoms with Crippen LogP contribution in [0, 0.1) is 0 Å². The van der Waals surface area contributed by atoms with E-state index in [1.807, 2.05) is 44.2 Å². The van der Waals surface area contributed by atoms with Gasteiger partial charge in [0.1, 0.15) is 18.1 Å². The summed E-state index contributed by atoms with van der Waals surface area (Å²) in [6.45, 7) is 8.55. The SMILES string of the molecule is CC.CC(C)c1cc(OCc2ccccn2)cc2cc(C(=O)O)n(C)c12. The van der Waals surface area contributed by atoms with Crippen LogP contribution in [0.25, 0.3) is 10.9 Å². The molecule has 0 atom stereocenters. The topological polar surface area (TPSA) is 64.3 Å². The summed E-state index contributed by atoms with van der Waals surface area (Å²) >= 11 is 0. The summed E-state index contributed by atoms with van der Waals surface area (Å²) in [5.41, 5.74) is 3.13. The van der Waals surface area contributed by atoms with E-state index >= 15 is 0 Å². The molecule has 138 valence electrons. The third-order valence-electron chi connectivity index (χ3n) is 4.09. The number of carboxylic acids is 1. The van der Waals surface area contributed by atoms with E-state index in [4.69, 9.17) is 4.74 Å². The van der Waals surface area contributed by atoms with Crippen molar-refractivity contribution < 1.29 is 14.6 Å². The number of aryl methyl sites for hydroxylation is 1. The zero-order valence-electron chi connectivity index (χ0n) is 16.0. The minimum atomic E-state index is -0.931. The van der Waals surface area contributed by atoms with Crippen LogP contribution < -0.4 is 4.74 Å². The number of hydrogen-bond donors (Lipinski definition) is 1. The molecule has 0 spiro atoms. The molecule has 1 aromatic carbocycles. The fourth-order valence-corrected chi connectivity index (χ4v) is 2.88. The Bertz CT molecular complexity index is 883. The predicted molar refractivity (Wildman–Crippen MR) is 104 cm³/mol. The molecule has 0 aliphatic rings. The number of carboxylic acid groups (broad SMARTS) is 1. The molecule has 0 amide bonds. The molecule has 0 unspecified atom stereocenters. The molecular formula is C21H26N2O3. The second kappa shape index (κ2) is 8.52. The number of carbonyl (C=O) groups is 1. The number of aromatic carboxylic acids is 1. The van der Waals surface area contributed by atoms with Gasteiger partial charge in [-0.15, -0.1) is 0 Å². The second-order valence-corrected chi connectivity index (χ2v) is 6.11. The summed E-state index contributed by atoms with van der Waals surface area (Å²) < 4.78 is 7.61. The van der Waals surface area contributed by atoms with Crippen molar-refractivity contribution in [3.63, 3.8) is 0 Å². The molecule has 3 aromatic rings. The summed E-state index contributed by atoms with van der Waals surface area (Å²) in [5.74, 6) is 0.0416. The normalized spacial score (nSPS) is 10.5. The van der Waals surface area contributed by atoms with Gasteiger partial charge in [0, 0.05) is 18.6 Å². The highest BCUT2D eigenvalue weighted by molar-refractivity contribution is 5.96. The molecule has 0 aliphatic heterocycles. The van der Waals surface area contributed by atoms with Gasteiger partial charge in [0.2, 0.25) is 0 Å². The van der Waals surface area contributed by atoms with Crippen LogP contribution in [0.3, 0.4) is 0 Å². The van der Waals surface area contributed by atoms with E-state index in [-0.39, 0.29) is 11.6 Å². The summed E-state index contributed by atoms with van der Waals surface area (Å²) in [5, 5.41) is 10.2. The lowest BCUT2D eigenvalue weighted by atomic mass is 10.00. The molecule has 5 heteroatoms. The van der Waals surface area contributed by atoms with Gasteiger partial charge >= 0.3 is 5.97 Å². The van der Waals surface area contributed by atoms with Crippen molar-refractivity contribution in [1.29, 1.82) is 0 Å². The highest BCUT2D eigenvalue weighted by Crippen LogP contribution is 2.32. The zero-order chi connectivity index (χ0) is 19.3. The average molecular weight is 354 g/mol. The average Bonchev–Trinajstić information content (AvgIpc) is 2.99. The van der Waals surface area contributed by atoms with Crippen LogP contribution in [-0.4, -0.2) is 20.6 Å². The van der Waals surface area contributed by atoms with Crippen molar-refractivity contribution in [2.75, 3.05) is 0 Å². The van der Waals surface area contributed by atoms with E-state index in [1.165, 1.54) is 0 Å². The van der Waals surface area contributed by atoms with Gasteiger partial charge in [-0.25, -0.2) is 4.79 Å². The summed E-state index contributed by atoms with van der Waals surface area (Å²) in [4.78, 5) is 15.7. The Kier molecular flexibility index (Phi) is 6.39. The number of hydrogen-bond acceptors (Lipinski definition) is 3. The van der Waals surface area contributed by atoms with Gasteiger partial charge < -0.3 is 14.4 Å². The number of pyridine rings is 1. The van der Waals surface area contributed by atoms with Crippen LogP contribution in [0.15, 0.2) is 42.6 Å². The number of nitrogens with zero attached hydrogens (tertiary/aromatic N) is 2. The van der Waals surface area contributed by atoms with E-state index in [0.29, 0.717) is 6.61 Å². The van der Waals surface area contributed by atoms with Gasteiger partial charge in [-0.05, 0) is 41.8 Å². The Morgan fingerprint density at radius 3 is 2.54 bits per heavy atom. The monoisotopic (exact) mass is 354 g/mol. The quantitative estimate of drug-likeness (QED) is 0.700. The first kappa shape index (κ1) is 19.5. The molecule has 0 radical (unpaired) electrons. The predicted octanol–water partition coefficient (Wildman–Crippen LogP) is 5.00. The van der Waals surface area contributed by atoms with Crippen molar-refractivity contribution in [3.05, 3.63) is 59.5 Å². The first-order valence-electron chi connectivity index (χ1n) is 8.86. The standard InChI is InChI=1S/C19H20N2O3.C2H6/c1-12(2)16-10-15(24-11-14-6-4-5-7-20-14)8-13-9-17(19(22)23)21(3)18(13)16;1-2/h4-10,12H,11H2,1-3H3,(H,22,23);1-2H3.